The van der Waals surface area contributed by atoms with Gasteiger partial charge in [-0.1, -0.05) is 0 Å². The molecule has 2 heterocycles. The topological polar surface area (TPSA) is 49.4 Å². The largest absolute Gasteiger partial charge is 0.311 e. The van der Waals surface area contributed by atoms with Crippen LogP contribution in [-0.2, 0) is 10.0 Å². The third-order valence-corrected chi connectivity index (χ3v) is 5.31. The van der Waals surface area contributed by atoms with Crippen LogP contribution in [0.1, 0.15) is 32.1 Å². The third kappa shape index (κ3) is 3.65. The van der Waals surface area contributed by atoms with Crippen LogP contribution in [-0.4, -0.2) is 50.8 Å². The second kappa shape index (κ2) is 5.84. The van der Waals surface area contributed by atoms with E-state index in [2.05, 4.69) is 5.32 Å². The Balaban J connectivity index is 1.85. The summed E-state index contributed by atoms with van der Waals surface area (Å²) in [7, 11) is -3.12. The number of alkyl halides is 1. The van der Waals surface area contributed by atoms with Crippen molar-refractivity contribution in [1.82, 2.24) is 9.62 Å². The third-order valence-electron chi connectivity index (χ3n) is 4.04. The van der Waals surface area contributed by atoms with Crippen LogP contribution in [0, 0.1) is 5.92 Å². The molecule has 2 saturated heterocycles. The number of hydrogen-bond acceptors (Lipinski definition) is 3. The van der Waals surface area contributed by atoms with E-state index in [9.17, 15) is 12.8 Å². The van der Waals surface area contributed by atoms with Gasteiger partial charge in [-0.25, -0.2) is 17.1 Å². The summed E-state index contributed by atoms with van der Waals surface area (Å²) in [6, 6.07) is -0.0152. The zero-order valence-electron chi connectivity index (χ0n) is 10.9. The van der Waals surface area contributed by atoms with Gasteiger partial charge in [0.1, 0.15) is 6.17 Å². The summed E-state index contributed by atoms with van der Waals surface area (Å²) >= 11 is 0. The maximum absolute atomic E-state index is 14.1. The number of rotatable bonds is 4. The predicted octanol–water partition coefficient (Wildman–Crippen LogP) is 1.14. The van der Waals surface area contributed by atoms with Gasteiger partial charge in [-0.2, -0.15) is 0 Å². The van der Waals surface area contributed by atoms with Crippen molar-refractivity contribution in [2.45, 2.75) is 44.3 Å². The molecule has 0 aromatic heterocycles. The molecule has 4 nitrogen and oxygen atoms in total. The molecule has 2 aliphatic heterocycles. The first kappa shape index (κ1) is 14.2. The summed E-state index contributed by atoms with van der Waals surface area (Å²) in [6.07, 6.45) is 4.64. The van der Waals surface area contributed by atoms with Crippen LogP contribution in [0.25, 0.3) is 0 Å². The smallest absolute Gasteiger partial charge is 0.211 e. The van der Waals surface area contributed by atoms with E-state index in [4.69, 9.17) is 0 Å². The maximum Gasteiger partial charge on any atom is 0.211 e. The molecule has 0 saturated carbocycles. The Labute approximate surface area is 109 Å². The van der Waals surface area contributed by atoms with Crippen molar-refractivity contribution in [2.75, 3.05) is 25.9 Å². The lowest BCUT2D eigenvalue weighted by atomic mass is 9.91. The average molecular weight is 278 g/mol. The molecule has 2 aliphatic rings. The van der Waals surface area contributed by atoms with Gasteiger partial charge in [0.15, 0.2) is 0 Å². The maximum atomic E-state index is 14.1. The summed E-state index contributed by atoms with van der Waals surface area (Å²) in [5, 5.41) is 3.18. The molecule has 2 fully saturated rings. The van der Waals surface area contributed by atoms with Gasteiger partial charge in [-0.15, -0.1) is 0 Å². The summed E-state index contributed by atoms with van der Waals surface area (Å²) in [5.74, 6) is 0.172. The predicted molar refractivity (Wildman–Crippen MR) is 69.7 cm³/mol. The van der Waals surface area contributed by atoms with Crippen LogP contribution in [0.3, 0.4) is 0 Å². The van der Waals surface area contributed by atoms with Crippen LogP contribution >= 0.6 is 0 Å². The molecule has 2 rings (SSSR count). The van der Waals surface area contributed by atoms with E-state index in [1.54, 1.807) is 0 Å². The van der Waals surface area contributed by atoms with Crippen molar-refractivity contribution in [1.29, 1.82) is 0 Å². The molecule has 1 N–H and O–H groups in total. The van der Waals surface area contributed by atoms with E-state index >= 15 is 0 Å². The van der Waals surface area contributed by atoms with Crippen molar-refractivity contribution in [3.63, 3.8) is 0 Å². The number of piperidine rings is 1. The van der Waals surface area contributed by atoms with E-state index in [0.717, 1.165) is 32.2 Å². The molecule has 0 amide bonds. The number of hydrogen-bond donors (Lipinski definition) is 1. The zero-order valence-corrected chi connectivity index (χ0v) is 11.8. The molecule has 18 heavy (non-hydrogen) atoms. The summed E-state index contributed by atoms with van der Waals surface area (Å²) in [5.41, 5.74) is 0. The molecule has 0 bridgehead atoms. The van der Waals surface area contributed by atoms with Gasteiger partial charge >= 0.3 is 0 Å². The van der Waals surface area contributed by atoms with Crippen LogP contribution in [0.4, 0.5) is 4.39 Å². The van der Waals surface area contributed by atoms with Crippen molar-refractivity contribution >= 4 is 10.0 Å². The van der Waals surface area contributed by atoms with Gasteiger partial charge in [0.2, 0.25) is 10.0 Å². The minimum atomic E-state index is -3.12. The van der Waals surface area contributed by atoms with Crippen LogP contribution in [0.5, 0.6) is 0 Å². The second-order valence-corrected chi connectivity index (χ2v) is 7.57. The Hall–Kier alpha value is -0.200. The van der Waals surface area contributed by atoms with Gasteiger partial charge in [0.25, 0.3) is 0 Å². The number of nitrogens with zero attached hydrogens (tertiary/aromatic N) is 1. The summed E-state index contributed by atoms with van der Waals surface area (Å²) < 4.78 is 38.6. The first-order valence-corrected chi connectivity index (χ1v) is 8.64. The lowest BCUT2D eigenvalue weighted by molar-refractivity contribution is 0.174. The van der Waals surface area contributed by atoms with Gasteiger partial charge in [-0.05, 0) is 44.6 Å². The van der Waals surface area contributed by atoms with Crippen molar-refractivity contribution in [3.05, 3.63) is 0 Å². The fraction of sp³-hybridized carbons (Fsp3) is 1.00. The van der Waals surface area contributed by atoms with Crippen molar-refractivity contribution < 1.29 is 12.8 Å². The molecule has 3 atom stereocenters. The number of nitrogens with one attached hydrogen (secondary N) is 1. The Bertz CT molecular complexity index is 368. The molecule has 106 valence electrons. The summed E-state index contributed by atoms with van der Waals surface area (Å²) in [6.45, 7) is 1.99. The highest BCUT2D eigenvalue weighted by atomic mass is 32.2. The SMILES string of the molecule is CS(=O)(=O)N1CCCC(CC(F)C2CCCN2)C1. The highest BCUT2D eigenvalue weighted by Crippen LogP contribution is 2.26. The minimum absolute atomic E-state index is 0.0152. The van der Waals surface area contributed by atoms with E-state index in [-0.39, 0.29) is 12.0 Å². The quantitative estimate of drug-likeness (QED) is 0.839. The molecule has 0 aromatic carbocycles. The van der Waals surface area contributed by atoms with E-state index in [1.807, 2.05) is 0 Å². The Morgan fingerprint density at radius 3 is 2.78 bits per heavy atom. The normalized spacial score (nSPS) is 32.6. The number of halogens is 1. The highest BCUT2D eigenvalue weighted by molar-refractivity contribution is 7.88. The molecule has 0 spiro atoms. The van der Waals surface area contributed by atoms with Crippen molar-refractivity contribution in [2.24, 2.45) is 5.92 Å². The highest BCUT2D eigenvalue weighted by Gasteiger charge is 2.31. The first-order chi connectivity index (χ1) is 8.47. The lowest BCUT2D eigenvalue weighted by Gasteiger charge is -2.32. The Kier molecular flexibility index (Phi) is 4.61. The Morgan fingerprint density at radius 2 is 2.17 bits per heavy atom. The monoisotopic (exact) mass is 278 g/mol. The first-order valence-electron chi connectivity index (χ1n) is 6.79. The number of sulfonamides is 1. The molecule has 0 radical (unpaired) electrons. The van der Waals surface area contributed by atoms with Crippen LogP contribution in [0.2, 0.25) is 0 Å². The fourth-order valence-corrected chi connectivity index (χ4v) is 3.97. The van der Waals surface area contributed by atoms with E-state index in [1.165, 1.54) is 10.6 Å². The van der Waals surface area contributed by atoms with Gasteiger partial charge in [0, 0.05) is 19.1 Å². The fourth-order valence-electron chi connectivity index (χ4n) is 3.02. The van der Waals surface area contributed by atoms with Gasteiger partial charge in [0.05, 0.1) is 6.26 Å². The standard InChI is InChI=1S/C12H23FN2O2S/c1-18(16,17)15-7-3-4-10(9-15)8-11(13)12-5-2-6-14-12/h10-12,14H,2-9H2,1H3. The minimum Gasteiger partial charge on any atom is -0.311 e. The van der Waals surface area contributed by atoms with Crippen LogP contribution in [0.15, 0.2) is 0 Å². The van der Waals surface area contributed by atoms with Crippen LogP contribution < -0.4 is 5.32 Å². The molecule has 0 aromatic rings. The molecule has 6 heteroatoms. The lowest BCUT2D eigenvalue weighted by Crippen LogP contribution is -2.41. The Morgan fingerprint density at radius 1 is 1.39 bits per heavy atom. The molecule has 3 unspecified atom stereocenters. The molecular weight excluding hydrogens is 255 g/mol. The van der Waals surface area contributed by atoms with Gasteiger partial charge in [-0.3, -0.25) is 0 Å². The van der Waals surface area contributed by atoms with Gasteiger partial charge < -0.3 is 5.32 Å². The van der Waals surface area contributed by atoms with E-state index < -0.39 is 16.2 Å². The zero-order chi connectivity index (χ0) is 13.2. The summed E-state index contributed by atoms with van der Waals surface area (Å²) in [4.78, 5) is 0. The van der Waals surface area contributed by atoms with E-state index in [0.29, 0.717) is 19.5 Å². The second-order valence-electron chi connectivity index (χ2n) is 5.58. The van der Waals surface area contributed by atoms with Crippen molar-refractivity contribution in [3.8, 4) is 0 Å². The molecule has 0 aliphatic carbocycles. The average Bonchev–Trinajstić information content (AvgIpc) is 2.81. The molecular formula is C12H23FN2O2S.